The second kappa shape index (κ2) is 1.89. The van der Waals surface area contributed by atoms with Gasteiger partial charge in [-0.25, -0.2) is 0 Å². The summed E-state index contributed by atoms with van der Waals surface area (Å²) in [6, 6.07) is 0. The Labute approximate surface area is 62.2 Å². The number of rotatable bonds is 0. The van der Waals surface area contributed by atoms with E-state index in [4.69, 9.17) is 39.6 Å². The summed E-state index contributed by atoms with van der Waals surface area (Å²) >= 11 is 16.2. The van der Waals surface area contributed by atoms with Gasteiger partial charge in [-0.1, -0.05) is 34.8 Å². The summed E-state index contributed by atoms with van der Waals surface area (Å²) < 4.78 is -1.30. The standard InChI is InChI=1S/C3H4Cl3NO/c1-7-2(8-7)3(4,5)6/h2H,1H3. The summed E-state index contributed by atoms with van der Waals surface area (Å²) in [6.45, 7) is 0. The first kappa shape index (κ1) is 6.90. The van der Waals surface area contributed by atoms with Crippen molar-refractivity contribution in [3.8, 4) is 0 Å². The van der Waals surface area contributed by atoms with Crippen LogP contribution in [-0.4, -0.2) is 22.1 Å². The van der Waals surface area contributed by atoms with Gasteiger partial charge in [0.1, 0.15) is 0 Å². The summed E-state index contributed by atoms with van der Waals surface area (Å²) in [6.07, 6.45) is -0.354. The van der Waals surface area contributed by atoms with Crippen LogP contribution in [0.5, 0.6) is 0 Å². The van der Waals surface area contributed by atoms with Gasteiger partial charge in [0, 0.05) is 7.05 Å². The van der Waals surface area contributed by atoms with E-state index in [0.717, 1.165) is 0 Å². The smallest absolute Gasteiger partial charge is 0.233 e. The predicted molar refractivity (Wildman–Crippen MR) is 32.9 cm³/mol. The molecule has 1 heterocycles. The largest absolute Gasteiger partial charge is 0.271 e. The van der Waals surface area contributed by atoms with Gasteiger partial charge in [0.15, 0.2) is 0 Å². The molecule has 0 radical (unpaired) electrons. The van der Waals surface area contributed by atoms with Gasteiger partial charge in [0.2, 0.25) is 10.0 Å². The Hall–Kier alpha value is 0.790. The molecule has 5 heteroatoms. The second-order valence-electron chi connectivity index (χ2n) is 1.55. The average molecular weight is 176 g/mol. The Morgan fingerprint density at radius 2 is 1.88 bits per heavy atom. The molecule has 2 atom stereocenters. The molecular formula is C3H4Cl3NO. The van der Waals surface area contributed by atoms with Crippen molar-refractivity contribution in [2.75, 3.05) is 7.05 Å². The molecule has 0 aromatic rings. The summed E-state index contributed by atoms with van der Waals surface area (Å²) in [5.74, 6) is 0. The van der Waals surface area contributed by atoms with Crippen LogP contribution >= 0.6 is 34.8 Å². The number of hydrogen-bond donors (Lipinski definition) is 0. The molecule has 1 saturated heterocycles. The van der Waals surface area contributed by atoms with E-state index in [2.05, 4.69) is 0 Å². The summed E-state index contributed by atoms with van der Waals surface area (Å²) in [5, 5.41) is 1.48. The van der Waals surface area contributed by atoms with Crippen LogP contribution < -0.4 is 0 Å². The fourth-order valence-electron chi connectivity index (χ4n) is 0.396. The highest BCUT2D eigenvalue weighted by Gasteiger charge is 2.49. The third kappa shape index (κ3) is 1.39. The van der Waals surface area contributed by atoms with Crippen molar-refractivity contribution >= 4 is 34.8 Å². The second-order valence-corrected chi connectivity index (χ2v) is 3.91. The van der Waals surface area contributed by atoms with Crippen molar-refractivity contribution in [2.45, 2.75) is 10.0 Å². The Kier molecular flexibility index (Phi) is 1.63. The minimum Gasteiger partial charge on any atom is -0.271 e. The third-order valence-electron chi connectivity index (χ3n) is 0.831. The molecule has 0 N–H and O–H groups in total. The fraction of sp³-hybridized carbons (Fsp3) is 1.00. The van der Waals surface area contributed by atoms with Gasteiger partial charge in [-0.05, 0) is 0 Å². The fourth-order valence-corrected chi connectivity index (χ4v) is 0.928. The van der Waals surface area contributed by atoms with Gasteiger partial charge < -0.3 is 0 Å². The Bertz CT molecular complexity index is 101. The SMILES string of the molecule is CN1OC1C(Cl)(Cl)Cl. The van der Waals surface area contributed by atoms with E-state index in [1.165, 1.54) is 5.06 Å². The molecular weight excluding hydrogens is 172 g/mol. The van der Waals surface area contributed by atoms with Crippen molar-refractivity contribution in [1.29, 1.82) is 0 Å². The van der Waals surface area contributed by atoms with E-state index in [1.54, 1.807) is 7.05 Å². The quantitative estimate of drug-likeness (QED) is 0.411. The Morgan fingerprint density at radius 1 is 1.50 bits per heavy atom. The number of hydroxylamine groups is 2. The molecule has 0 amide bonds. The van der Waals surface area contributed by atoms with Crippen LogP contribution in [0.15, 0.2) is 0 Å². The van der Waals surface area contributed by atoms with E-state index in [9.17, 15) is 0 Å². The Balaban J connectivity index is 2.39. The van der Waals surface area contributed by atoms with Crippen LogP contribution in [0.4, 0.5) is 0 Å². The first-order valence-corrected chi connectivity index (χ1v) is 3.11. The van der Waals surface area contributed by atoms with Gasteiger partial charge in [0.05, 0.1) is 0 Å². The first-order chi connectivity index (χ1) is 3.52. The number of hydrogen-bond acceptors (Lipinski definition) is 2. The molecule has 0 aliphatic carbocycles. The molecule has 0 aromatic heterocycles. The van der Waals surface area contributed by atoms with Crippen LogP contribution in [0.3, 0.4) is 0 Å². The number of alkyl halides is 3. The highest BCUT2D eigenvalue weighted by atomic mass is 35.6. The molecule has 2 unspecified atom stereocenters. The van der Waals surface area contributed by atoms with Gasteiger partial charge in [-0.15, -0.1) is 0 Å². The van der Waals surface area contributed by atoms with Crippen LogP contribution in [0.1, 0.15) is 0 Å². The lowest BCUT2D eigenvalue weighted by Crippen LogP contribution is -2.14. The van der Waals surface area contributed by atoms with E-state index in [0.29, 0.717) is 0 Å². The van der Waals surface area contributed by atoms with E-state index < -0.39 is 3.79 Å². The minimum absolute atomic E-state index is 0.354. The van der Waals surface area contributed by atoms with Gasteiger partial charge >= 0.3 is 0 Å². The summed E-state index contributed by atoms with van der Waals surface area (Å²) in [7, 11) is 1.70. The molecule has 8 heavy (non-hydrogen) atoms. The van der Waals surface area contributed by atoms with Crippen molar-refractivity contribution in [3.05, 3.63) is 0 Å². The molecule has 0 bridgehead atoms. The van der Waals surface area contributed by atoms with Crippen LogP contribution in [0.25, 0.3) is 0 Å². The van der Waals surface area contributed by atoms with Crippen molar-refractivity contribution in [1.82, 2.24) is 5.06 Å². The highest BCUT2D eigenvalue weighted by Crippen LogP contribution is 2.40. The van der Waals surface area contributed by atoms with Gasteiger partial charge in [0.25, 0.3) is 0 Å². The van der Waals surface area contributed by atoms with Crippen LogP contribution in [0, 0.1) is 0 Å². The lowest BCUT2D eigenvalue weighted by Gasteiger charge is -2.02. The first-order valence-electron chi connectivity index (χ1n) is 1.98. The van der Waals surface area contributed by atoms with E-state index in [-0.39, 0.29) is 6.23 Å². The summed E-state index contributed by atoms with van der Waals surface area (Å²) in [5.41, 5.74) is 0. The molecule has 0 saturated carbocycles. The van der Waals surface area contributed by atoms with Gasteiger partial charge in [-0.3, -0.25) is 4.84 Å². The Morgan fingerprint density at radius 3 is 1.88 bits per heavy atom. The maximum absolute atomic E-state index is 5.39. The highest BCUT2D eigenvalue weighted by molar-refractivity contribution is 6.68. The molecule has 1 fully saturated rings. The zero-order valence-corrected chi connectivity index (χ0v) is 6.33. The van der Waals surface area contributed by atoms with E-state index in [1.807, 2.05) is 0 Å². The van der Waals surface area contributed by atoms with Crippen molar-refractivity contribution in [2.24, 2.45) is 0 Å². The maximum Gasteiger partial charge on any atom is 0.233 e. The van der Waals surface area contributed by atoms with Crippen LogP contribution in [0.2, 0.25) is 0 Å². The lowest BCUT2D eigenvalue weighted by atomic mass is 10.7. The summed E-state index contributed by atoms with van der Waals surface area (Å²) in [4.78, 5) is 4.72. The van der Waals surface area contributed by atoms with Crippen LogP contribution in [-0.2, 0) is 4.84 Å². The minimum atomic E-state index is -1.30. The molecule has 1 rings (SSSR count). The lowest BCUT2D eigenvalue weighted by molar-refractivity contribution is 0.233. The van der Waals surface area contributed by atoms with Crippen molar-refractivity contribution < 1.29 is 4.84 Å². The number of halogens is 3. The maximum atomic E-state index is 5.39. The zero-order chi connectivity index (χ0) is 6.36. The molecule has 0 aromatic carbocycles. The predicted octanol–water partition coefficient (Wildman–Crippen LogP) is 1.56. The molecule has 48 valence electrons. The molecule has 1 aliphatic heterocycles. The van der Waals surface area contributed by atoms with Crippen molar-refractivity contribution in [3.63, 3.8) is 0 Å². The normalized spacial score (nSPS) is 37.5. The topological polar surface area (TPSA) is 15.5 Å². The zero-order valence-electron chi connectivity index (χ0n) is 4.07. The van der Waals surface area contributed by atoms with Gasteiger partial charge in [-0.2, -0.15) is 5.06 Å². The average Bonchev–Trinajstić information content (AvgIpc) is 2.13. The molecule has 0 spiro atoms. The molecule has 1 aliphatic rings. The van der Waals surface area contributed by atoms with E-state index >= 15 is 0 Å². The molecule has 2 nitrogen and oxygen atoms in total. The monoisotopic (exact) mass is 175 g/mol. The third-order valence-corrected chi connectivity index (χ3v) is 1.39. The number of nitrogens with zero attached hydrogens (tertiary/aromatic N) is 1.